The van der Waals surface area contributed by atoms with Crippen LogP contribution in [0.3, 0.4) is 0 Å². The van der Waals surface area contributed by atoms with Crippen LogP contribution in [0.5, 0.6) is 5.75 Å². The van der Waals surface area contributed by atoms with E-state index in [1.54, 1.807) is 4.90 Å². The van der Waals surface area contributed by atoms with Crippen molar-refractivity contribution in [2.24, 2.45) is 0 Å². The van der Waals surface area contributed by atoms with Gasteiger partial charge in [0.2, 0.25) is 5.91 Å². The third kappa shape index (κ3) is 4.14. The minimum atomic E-state index is -0.847. The highest BCUT2D eigenvalue weighted by molar-refractivity contribution is 5.85. The van der Waals surface area contributed by atoms with E-state index in [2.05, 4.69) is 5.32 Å². The third-order valence-corrected chi connectivity index (χ3v) is 4.24. The van der Waals surface area contributed by atoms with Crippen LogP contribution in [0.4, 0.5) is 0 Å². The minimum Gasteiger partial charge on any atom is -0.488 e. The summed E-state index contributed by atoms with van der Waals surface area (Å²) in [6.07, 6.45) is 2.18. The maximum absolute atomic E-state index is 12.0. The predicted molar refractivity (Wildman–Crippen MR) is 87.1 cm³/mol. The molecule has 0 saturated carbocycles. The predicted octanol–water partition coefficient (Wildman–Crippen LogP) is 1.08. The molecule has 1 amide bonds. The van der Waals surface area contributed by atoms with E-state index in [0.29, 0.717) is 19.5 Å². The van der Waals surface area contributed by atoms with Gasteiger partial charge in [0.05, 0.1) is 13.1 Å². The maximum Gasteiger partial charge on any atom is 0.320 e. The van der Waals surface area contributed by atoms with Gasteiger partial charge in [0.15, 0.2) is 0 Å². The Balaban J connectivity index is 0.00000192. The summed E-state index contributed by atoms with van der Waals surface area (Å²) in [6.45, 7) is 1.24. The van der Waals surface area contributed by atoms with Crippen LogP contribution in [0, 0.1) is 0 Å². The molecule has 2 aliphatic rings. The molecule has 1 aromatic rings. The summed E-state index contributed by atoms with van der Waals surface area (Å²) in [5.74, 6) is -0.111. The van der Waals surface area contributed by atoms with E-state index in [4.69, 9.17) is 9.84 Å². The highest BCUT2D eigenvalue weighted by Crippen LogP contribution is 2.27. The Morgan fingerprint density at radius 3 is 2.87 bits per heavy atom. The third-order valence-electron chi connectivity index (χ3n) is 4.24. The molecular weight excluding hydrogens is 320 g/mol. The first-order valence-electron chi connectivity index (χ1n) is 7.61. The molecule has 0 spiro atoms. The first-order chi connectivity index (χ1) is 10.6. The number of carboxylic acids is 1. The van der Waals surface area contributed by atoms with Gasteiger partial charge >= 0.3 is 5.97 Å². The van der Waals surface area contributed by atoms with Crippen LogP contribution in [0.15, 0.2) is 24.3 Å². The summed E-state index contributed by atoms with van der Waals surface area (Å²) in [5, 5.41) is 12.0. The van der Waals surface area contributed by atoms with Gasteiger partial charge in [0.25, 0.3) is 0 Å². The van der Waals surface area contributed by atoms with Crippen molar-refractivity contribution in [2.45, 2.75) is 31.4 Å². The first kappa shape index (κ1) is 17.6. The van der Waals surface area contributed by atoms with E-state index < -0.39 is 12.0 Å². The number of fused-ring (bicyclic) bond motifs is 1. The summed E-state index contributed by atoms with van der Waals surface area (Å²) < 4.78 is 5.76. The molecule has 0 aliphatic carbocycles. The molecule has 2 heterocycles. The Morgan fingerprint density at radius 2 is 2.13 bits per heavy atom. The van der Waals surface area contributed by atoms with Crippen LogP contribution >= 0.6 is 12.4 Å². The standard InChI is InChI=1S/C16H20N2O4.ClH/c19-15(10-18-7-3-5-13(18)16(20)21)17-9-12-8-11-4-1-2-6-14(11)22-12;/h1-2,4,6,12-13H,3,5,7-10H2,(H,17,19)(H,20,21);1H/t12?,13-;/m1./s1. The molecule has 6 nitrogen and oxygen atoms in total. The zero-order valence-electron chi connectivity index (χ0n) is 12.7. The van der Waals surface area contributed by atoms with Crippen molar-refractivity contribution in [3.05, 3.63) is 29.8 Å². The number of carbonyl (C=O) groups is 2. The number of amides is 1. The molecule has 2 N–H and O–H groups in total. The lowest BCUT2D eigenvalue weighted by Gasteiger charge is -2.20. The van der Waals surface area contributed by atoms with Gasteiger partial charge in [-0.15, -0.1) is 12.4 Å². The first-order valence-corrected chi connectivity index (χ1v) is 7.61. The van der Waals surface area contributed by atoms with E-state index in [9.17, 15) is 9.59 Å². The fourth-order valence-corrected chi connectivity index (χ4v) is 3.13. The number of para-hydroxylation sites is 1. The summed E-state index contributed by atoms with van der Waals surface area (Å²) in [6, 6.07) is 7.33. The Labute approximate surface area is 141 Å². The molecule has 126 valence electrons. The van der Waals surface area contributed by atoms with E-state index in [-0.39, 0.29) is 31.0 Å². The lowest BCUT2D eigenvalue weighted by Crippen LogP contribution is -2.44. The molecule has 2 aliphatic heterocycles. The fraction of sp³-hybridized carbons (Fsp3) is 0.500. The Kier molecular flexibility index (Phi) is 5.85. The number of carbonyl (C=O) groups excluding carboxylic acids is 1. The van der Waals surface area contributed by atoms with Crippen molar-refractivity contribution in [3.8, 4) is 5.75 Å². The number of hydrogen-bond donors (Lipinski definition) is 2. The van der Waals surface area contributed by atoms with Gasteiger partial charge < -0.3 is 15.2 Å². The summed E-state index contributed by atoms with van der Waals surface area (Å²) in [5.41, 5.74) is 1.16. The number of hydrogen-bond acceptors (Lipinski definition) is 4. The number of ether oxygens (including phenoxy) is 1. The summed E-state index contributed by atoms with van der Waals surface area (Å²) >= 11 is 0. The van der Waals surface area contributed by atoms with Gasteiger partial charge in [-0.1, -0.05) is 18.2 Å². The van der Waals surface area contributed by atoms with Crippen LogP contribution < -0.4 is 10.1 Å². The quantitative estimate of drug-likeness (QED) is 0.838. The summed E-state index contributed by atoms with van der Waals surface area (Å²) in [4.78, 5) is 24.8. The van der Waals surface area contributed by atoms with Crippen molar-refractivity contribution >= 4 is 24.3 Å². The van der Waals surface area contributed by atoms with Crippen LogP contribution in [-0.4, -0.2) is 53.7 Å². The zero-order chi connectivity index (χ0) is 15.5. The van der Waals surface area contributed by atoms with Gasteiger partial charge in [-0.05, 0) is 31.0 Å². The average Bonchev–Trinajstić information content (AvgIpc) is 3.10. The van der Waals surface area contributed by atoms with Crippen LogP contribution in [0.25, 0.3) is 0 Å². The molecule has 7 heteroatoms. The van der Waals surface area contributed by atoms with E-state index in [1.807, 2.05) is 24.3 Å². The molecule has 1 fully saturated rings. The van der Waals surface area contributed by atoms with Gasteiger partial charge in [-0.2, -0.15) is 0 Å². The Morgan fingerprint density at radius 1 is 1.35 bits per heavy atom. The van der Waals surface area contributed by atoms with Gasteiger partial charge in [0.1, 0.15) is 17.9 Å². The smallest absolute Gasteiger partial charge is 0.320 e. The fourth-order valence-electron chi connectivity index (χ4n) is 3.13. The Bertz CT molecular complexity index is 556. The molecule has 1 saturated heterocycles. The summed E-state index contributed by atoms with van der Waals surface area (Å²) in [7, 11) is 0. The largest absolute Gasteiger partial charge is 0.488 e. The van der Waals surface area contributed by atoms with Crippen molar-refractivity contribution < 1.29 is 19.4 Å². The molecule has 23 heavy (non-hydrogen) atoms. The van der Waals surface area contributed by atoms with Crippen LogP contribution in [0.1, 0.15) is 18.4 Å². The number of benzene rings is 1. The monoisotopic (exact) mass is 340 g/mol. The number of nitrogens with one attached hydrogen (secondary N) is 1. The lowest BCUT2D eigenvalue weighted by atomic mass is 10.1. The van der Waals surface area contributed by atoms with Gasteiger partial charge in [0, 0.05) is 6.42 Å². The van der Waals surface area contributed by atoms with E-state index >= 15 is 0 Å². The molecule has 2 atom stereocenters. The highest BCUT2D eigenvalue weighted by atomic mass is 35.5. The molecular formula is C16H21ClN2O4. The van der Waals surface area contributed by atoms with Gasteiger partial charge in [-0.25, -0.2) is 0 Å². The molecule has 1 unspecified atom stereocenters. The molecule has 0 radical (unpaired) electrons. The molecule has 0 bridgehead atoms. The SMILES string of the molecule is Cl.O=C(CN1CCC[C@@H]1C(=O)O)NCC1Cc2ccccc2O1. The van der Waals surface area contributed by atoms with Crippen molar-refractivity contribution in [2.75, 3.05) is 19.6 Å². The average molecular weight is 341 g/mol. The van der Waals surface area contributed by atoms with E-state index in [1.165, 1.54) is 0 Å². The second kappa shape index (κ2) is 7.66. The van der Waals surface area contributed by atoms with Crippen LogP contribution in [0.2, 0.25) is 0 Å². The zero-order valence-corrected chi connectivity index (χ0v) is 13.6. The highest BCUT2D eigenvalue weighted by Gasteiger charge is 2.31. The van der Waals surface area contributed by atoms with Crippen LogP contribution in [-0.2, 0) is 16.0 Å². The number of aliphatic carboxylic acids is 1. The molecule has 0 aromatic heterocycles. The van der Waals surface area contributed by atoms with Gasteiger partial charge in [-0.3, -0.25) is 14.5 Å². The number of carboxylic acid groups (broad SMARTS) is 1. The van der Waals surface area contributed by atoms with Crippen molar-refractivity contribution in [3.63, 3.8) is 0 Å². The lowest BCUT2D eigenvalue weighted by molar-refractivity contribution is -0.142. The second-order valence-corrected chi connectivity index (χ2v) is 5.82. The Hall–Kier alpha value is -1.79. The topological polar surface area (TPSA) is 78.9 Å². The number of halogens is 1. The second-order valence-electron chi connectivity index (χ2n) is 5.82. The molecule has 1 aromatic carbocycles. The number of nitrogens with zero attached hydrogens (tertiary/aromatic N) is 1. The number of rotatable bonds is 5. The normalized spacial score (nSPS) is 22.8. The van der Waals surface area contributed by atoms with Crippen molar-refractivity contribution in [1.29, 1.82) is 0 Å². The van der Waals surface area contributed by atoms with E-state index in [0.717, 1.165) is 24.2 Å². The number of likely N-dealkylation sites (tertiary alicyclic amines) is 1. The van der Waals surface area contributed by atoms with Crippen molar-refractivity contribution in [1.82, 2.24) is 10.2 Å². The maximum atomic E-state index is 12.0. The molecule has 3 rings (SSSR count). The minimum absolute atomic E-state index is 0.